The van der Waals surface area contributed by atoms with Gasteiger partial charge < -0.3 is 11.1 Å². The Bertz CT molecular complexity index is 735. The van der Waals surface area contributed by atoms with Gasteiger partial charge in [-0.05, 0) is 46.3 Å². The summed E-state index contributed by atoms with van der Waals surface area (Å²) in [6, 6.07) is 9.45. The zero-order valence-corrected chi connectivity index (χ0v) is 13.6. The van der Waals surface area contributed by atoms with E-state index in [2.05, 4.69) is 37.2 Å². The zero-order valence-electron chi connectivity index (χ0n) is 10.5. The second-order valence-electron chi connectivity index (χ2n) is 4.08. The molecule has 108 valence electrons. The van der Waals surface area contributed by atoms with E-state index in [1.165, 1.54) is 18.2 Å². The maximum Gasteiger partial charge on any atom is 0.304 e. The predicted molar refractivity (Wildman–Crippen MR) is 87.3 cm³/mol. The molecule has 0 aromatic heterocycles. The van der Waals surface area contributed by atoms with Crippen LogP contribution in [0.2, 0.25) is 0 Å². The number of hydrogen-bond donors (Lipinski definition) is 2. The molecule has 0 saturated heterocycles. The zero-order chi connectivity index (χ0) is 15.6. The molecule has 0 aliphatic rings. The topological polar surface area (TPSA) is 98.3 Å². The number of nitrogens with two attached hydrogens (primary N) is 1. The van der Waals surface area contributed by atoms with Gasteiger partial charge in [-0.3, -0.25) is 14.9 Å². The fourth-order valence-corrected chi connectivity index (χ4v) is 2.44. The lowest BCUT2D eigenvalue weighted by atomic mass is 10.1. The Morgan fingerprint density at radius 2 is 1.95 bits per heavy atom. The first-order valence-corrected chi connectivity index (χ1v) is 7.28. The first kappa shape index (κ1) is 15.5. The summed E-state index contributed by atoms with van der Waals surface area (Å²) in [7, 11) is 0. The third kappa shape index (κ3) is 3.40. The number of nitrogens with one attached hydrogen (secondary N) is 1. The molecule has 6 nitrogen and oxygen atoms in total. The lowest BCUT2D eigenvalue weighted by molar-refractivity contribution is -0.384. The van der Waals surface area contributed by atoms with Crippen molar-refractivity contribution in [2.75, 3.05) is 11.1 Å². The highest BCUT2D eigenvalue weighted by Gasteiger charge is 2.23. The molecular formula is C13H9Br2N3O3. The van der Waals surface area contributed by atoms with E-state index in [1.54, 1.807) is 18.2 Å². The lowest BCUT2D eigenvalue weighted by Gasteiger charge is -2.09. The number of nitrogens with zero attached hydrogens (tertiary/aromatic N) is 1. The van der Waals surface area contributed by atoms with Crippen LogP contribution in [0.1, 0.15) is 10.4 Å². The Morgan fingerprint density at radius 1 is 1.24 bits per heavy atom. The molecule has 0 radical (unpaired) electrons. The van der Waals surface area contributed by atoms with Crippen LogP contribution in [-0.4, -0.2) is 10.8 Å². The van der Waals surface area contributed by atoms with E-state index in [1.807, 2.05) is 0 Å². The average Bonchev–Trinajstić information content (AvgIpc) is 2.42. The Hall–Kier alpha value is -1.93. The van der Waals surface area contributed by atoms with Crippen LogP contribution in [0.15, 0.2) is 45.3 Å². The van der Waals surface area contributed by atoms with E-state index >= 15 is 0 Å². The second kappa shape index (κ2) is 6.23. The van der Waals surface area contributed by atoms with E-state index in [9.17, 15) is 14.9 Å². The number of nitro benzene ring substituents is 1. The summed E-state index contributed by atoms with van der Waals surface area (Å²) in [5.41, 5.74) is 5.51. The van der Waals surface area contributed by atoms with Crippen molar-refractivity contribution in [2.45, 2.75) is 0 Å². The molecule has 2 aromatic carbocycles. The number of carbonyl (C=O) groups excluding carboxylic acids is 1. The van der Waals surface area contributed by atoms with Gasteiger partial charge in [0.25, 0.3) is 5.91 Å². The van der Waals surface area contributed by atoms with Crippen molar-refractivity contribution in [1.29, 1.82) is 0 Å². The predicted octanol–water partition coefficient (Wildman–Crippen LogP) is 3.95. The van der Waals surface area contributed by atoms with Crippen LogP contribution >= 0.6 is 31.9 Å². The van der Waals surface area contributed by atoms with E-state index in [0.29, 0.717) is 10.2 Å². The monoisotopic (exact) mass is 413 g/mol. The highest BCUT2D eigenvalue weighted by Crippen LogP contribution is 2.29. The van der Waals surface area contributed by atoms with E-state index in [0.717, 1.165) is 4.47 Å². The minimum Gasteiger partial charge on any atom is -0.393 e. The largest absolute Gasteiger partial charge is 0.393 e. The normalized spacial score (nSPS) is 10.2. The molecule has 0 bridgehead atoms. The van der Waals surface area contributed by atoms with Gasteiger partial charge in [0.2, 0.25) is 0 Å². The first-order valence-electron chi connectivity index (χ1n) is 5.69. The summed E-state index contributed by atoms with van der Waals surface area (Å²) < 4.78 is 1.42. The molecule has 2 rings (SSSR count). The highest BCUT2D eigenvalue weighted by molar-refractivity contribution is 9.11. The smallest absolute Gasteiger partial charge is 0.304 e. The molecule has 0 saturated carbocycles. The minimum atomic E-state index is -0.666. The van der Waals surface area contributed by atoms with Crippen LogP contribution in [0, 0.1) is 10.1 Å². The number of carbonyl (C=O) groups is 1. The standard InChI is InChI=1S/C13H9Br2N3O3/c14-7-4-5-9(15)11(6-7)17-13(19)8-2-1-3-10(16)12(8)18(20)21/h1-6H,16H2,(H,17,19). The van der Waals surface area contributed by atoms with Gasteiger partial charge in [0.15, 0.2) is 0 Å². The summed E-state index contributed by atoms with van der Waals surface area (Å²) in [4.78, 5) is 22.6. The van der Waals surface area contributed by atoms with Gasteiger partial charge in [0.1, 0.15) is 11.3 Å². The molecule has 0 unspecified atom stereocenters. The fraction of sp³-hybridized carbons (Fsp3) is 0. The summed E-state index contributed by atoms with van der Waals surface area (Å²) in [5, 5.41) is 13.7. The lowest BCUT2D eigenvalue weighted by Crippen LogP contribution is -2.15. The van der Waals surface area contributed by atoms with Crippen molar-refractivity contribution in [2.24, 2.45) is 0 Å². The number of nitro groups is 1. The second-order valence-corrected chi connectivity index (χ2v) is 5.85. The van der Waals surface area contributed by atoms with E-state index in [-0.39, 0.29) is 11.3 Å². The first-order chi connectivity index (χ1) is 9.90. The van der Waals surface area contributed by atoms with Crippen molar-refractivity contribution in [3.05, 3.63) is 61.0 Å². The summed E-state index contributed by atoms with van der Waals surface area (Å²) in [6.45, 7) is 0. The van der Waals surface area contributed by atoms with Gasteiger partial charge in [0.05, 0.1) is 10.6 Å². The molecule has 3 N–H and O–H groups in total. The number of rotatable bonds is 3. The van der Waals surface area contributed by atoms with Crippen LogP contribution in [0.25, 0.3) is 0 Å². The van der Waals surface area contributed by atoms with Gasteiger partial charge in [-0.25, -0.2) is 0 Å². The van der Waals surface area contributed by atoms with Crippen molar-refractivity contribution in [3.63, 3.8) is 0 Å². The molecule has 21 heavy (non-hydrogen) atoms. The number of anilines is 2. The van der Waals surface area contributed by atoms with Gasteiger partial charge in [-0.1, -0.05) is 22.0 Å². The molecule has 1 amide bonds. The van der Waals surface area contributed by atoms with Crippen molar-refractivity contribution >= 4 is 54.8 Å². The maximum absolute atomic E-state index is 12.2. The minimum absolute atomic E-state index is 0.0547. The number of para-hydroxylation sites is 1. The molecule has 0 aliphatic heterocycles. The SMILES string of the molecule is Nc1cccc(C(=O)Nc2cc(Br)ccc2Br)c1[N+](=O)[O-]. The number of nitrogen functional groups attached to an aromatic ring is 1. The summed E-state index contributed by atoms with van der Waals surface area (Å²) in [5.74, 6) is -0.604. The van der Waals surface area contributed by atoms with Crippen LogP contribution < -0.4 is 11.1 Å². The third-order valence-electron chi connectivity index (χ3n) is 2.67. The maximum atomic E-state index is 12.2. The van der Waals surface area contributed by atoms with Gasteiger partial charge >= 0.3 is 5.69 Å². The van der Waals surface area contributed by atoms with E-state index < -0.39 is 16.5 Å². The number of halogens is 2. The van der Waals surface area contributed by atoms with E-state index in [4.69, 9.17) is 5.73 Å². The molecule has 0 atom stereocenters. The Labute approximate surface area is 136 Å². The molecule has 8 heteroatoms. The molecule has 2 aromatic rings. The van der Waals surface area contributed by atoms with Crippen LogP contribution in [0.3, 0.4) is 0 Å². The van der Waals surface area contributed by atoms with Gasteiger partial charge in [-0.15, -0.1) is 0 Å². The third-order valence-corrected chi connectivity index (χ3v) is 3.86. The molecule has 0 fully saturated rings. The Morgan fingerprint density at radius 3 is 2.62 bits per heavy atom. The number of hydrogen-bond acceptors (Lipinski definition) is 4. The number of amides is 1. The Kier molecular flexibility index (Phi) is 4.59. The average molecular weight is 415 g/mol. The quantitative estimate of drug-likeness (QED) is 0.451. The van der Waals surface area contributed by atoms with Crippen LogP contribution in [0.4, 0.5) is 17.1 Å². The van der Waals surface area contributed by atoms with Crippen LogP contribution in [-0.2, 0) is 0 Å². The van der Waals surface area contributed by atoms with Crippen LogP contribution in [0.5, 0.6) is 0 Å². The molecule has 0 aliphatic carbocycles. The molecule has 0 spiro atoms. The molecule has 0 heterocycles. The molecular weight excluding hydrogens is 406 g/mol. The van der Waals surface area contributed by atoms with Crippen molar-refractivity contribution in [1.82, 2.24) is 0 Å². The van der Waals surface area contributed by atoms with Crippen molar-refractivity contribution in [3.8, 4) is 0 Å². The highest BCUT2D eigenvalue weighted by atomic mass is 79.9. The summed E-state index contributed by atoms with van der Waals surface area (Å²) >= 11 is 6.59. The fourth-order valence-electron chi connectivity index (χ4n) is 1.73. The van der Waals surface area contributed by atoms with Gasteiger partial charge in [-0.2, -0.15) is 0 Å². The summed E-state index contributed by atoms with van der Waals surface area (Å²) in [6.07, 6.45) is 0. The van der Waals surface area contributed by atoms with Crippen molar-refractivity contribution < 1.29 is 9.72 Å². The van der Waals surface area contributed by atoms with Gasteiger partial charge in [0, 0.05) is 8.95 Å². The number of benzene rings is 2. The Balaban J connectivity index is 2.40.